The molecule has 6 heteroatoms. The molecule has 0 saturated heterocycles. The minimum absolute atomic E-state index is 0.0704. The van der Waals surface area contributed by atoms with Gasteiger partial charge in [0.15, 0.2) is 17.3 Å². The number of nitrogens with one attached hydrogen (secondary N) is 1. The van der Waals surface area contributed by atoms with E-state index in [4.69, 9.17) is 9.47 Å². The first kappa shape index (κ1) is 19.3. The molecule has 138 valence electrons. The van der Waals surface area contributed by atoms with Crippen molar-refractivity contribution in [2.24, 2.45) is 0 Å². The van der Waals surface area contributed by atoms with Crippen LogP contribution in [-0.4, -0.2) is 30.5 Å². The van der Waals surface area contributed by atoms with Crippen molar-refractivity contribution in [2.75, 3.05) is 13.7 Å². The predicted octanol–water partition coefficient (Wildman–Crippen LogP) is 2.69. The molecule has 0 bridgehead atoms. The van der Waals surface area contributed by atoms with Crippen LogP contribution in [0.1, 0.15) is 51.0 Å². The topological polar surface area (TPSA) is 91.5 Å². The van der Waals surface area contributed by atoms with Crippen molar-refractivity contribution in [3.8, 4) is 11.5 Å². The SMILES string of the molecule is CCCOc1cc(/C=C/C(=O)c2c(C)[nH]c(C(=O)[O-])c2C)ccc1OC. The number of benzene rings is 1. The van der Waals surface area contributed by atoms with Crippen LogP contribution in [0.5, 0.6) is 11.5 Å². The number of carbonyl (C=O) groups is 2. The summed E-state index contributed by atoms with van der Waals surface area (Å²) in [4.78, 5) is 26.3. The number of H-pyrrole nitrogens is 1. The molecule has 0 amide bonds. The molecule has 0 aliphatic heterocycles. The number of hydrogen-bond acceptors (Lipinski definition) is 5. The Labute approximate surface area is 152 Å². The average Bonchev–Trinajstić information content (AvgIpc) is 2.92. The number of carboxylic acids is 1. The number of hydrogen-bond donors (Lipinski definition) is 1. The van der Waals surface area contributed by atoms with E-state index in [1.807, 2.05) is 13.0 Å². The third-order valence-electron chi connectivity index (χ3n) is 3.96. The Morgan fingerprint density at radius 2 is 1.96 bits per heavy atom. The number of aryl methyl sites for hydroxylation is 1. The Morgan fingerprint density at radius 3 is 2.54 bits per heavy atom. The maximum Gasteiger partial charge on any atom is 0.187 e. The van der Waals surface area contributed by atoms with Gasteiger partial charge in [-0.05, 0) is 49.6 Å². The maximum absolute atomic E-state index is 12.5. The maximum atomic E-state index is 12.5. The van der Waals surface area contributed by atoms with E-state index in [9.17, 15) is 14.7 Å². The van der Waals surface area contributed by atoms with Gasteiger partial charge in [0.25, 0.3) is 0 Å². The highest BCUT2D eigenvalue weighted by Gasteiger charge is 2.16. The van der Waals surface area contributed by atoms with Gasteiger partial charge in [0.2, 0.25) is 0 Å². The second-order valence-electron chi connectivity index (χ2n) is 5.87. The lowest BCUT2D eigenvalue weighted by atomic mass is 10.0. The summed E-state index contributed by atoms with van der Waals surface area (Å²) in [6, 6.07) is 5.38. The van der Waals surface area contributed by atoms with Gasteiger partial charge in [-0.1, -0.05) is 19.1 Å². The third kappa shape index (κ3) is 4.14. The Morgan fingerprint density at radius 1 is 1.23 bits per heavy atom. The molecule has 0 spiro atoms. The van der Waals surface area contributed by atoms with E-state index in [1.54, 1.807) is 39.2 Å². The lowest BCUT2D eigenvalue weighted by Crippen LogP contribution is -2.23. The number of ketones is 1. The zero-order valence-electron chi connectivity index (χ0n) is 15.3. The molecule has 0 aliphatic carbocycles. The monoisotopic (exact) mass is 356 g/mol. The molecule has 1 N–H and O–H groups in total. The highest BCUT2D eigenvalue weighted by molar-refractivity contribution is 6.10. The molecule has 0 aliphatic rings. The summed E-state index contributed by atoms with van der Waals surface area (Å²) in [7, 11) is 1.57. The summed E-state index contributed by atoms with van der Waals surface area (Å²) >= 11 is 0. The molecule has 0 radical (unpaired) electrons. The van der Waals surface area contributed by atoms with Crippen molar-refractivity contribution in [3.63, 3.8) is 0 Å². The molecule has 1 aromatic heterocycles. The van der Waals surface area contributed by atoms with Gasteiger partial charge in [-0.2, -0.15) is 0 Å². The van der Waals surface area contributed by atoms with Crippen LogP contribution in [0.2, 0.25) is 0 Å². The van der Waals surface area contributed by atoms with E-state index >= 15 is 0 Å². The van der Waals surface area contributed by atoms with Crippen molar-refractivity contribution < 1.29 is 24.2 Å². The van der Waals surface area contributed by atoms with Crippen LogP contribution >= 0.6 is 0 Å². The lowest BCUT2D eigenvalue weighted by molar-refractivity contribution is -0.255. The number of carbonyl (C=O) groups excluding carboxylic acids is 2. The molecule has 2 rings (SSSR count). The molecule has 1 aromatic carbocycles. The second kappa shape index (κ2) is 8.38. The first-order chi connectivity index (χ1) is 12.4. The molecule has 6 nitrogen and oxygen atoms in total. The van der Waals surface area contributed by atoms with Crippen molar-refractivity contribution >= 4 is 17.8 Å². The molecule has 2 aromatic rings. The molecule has 1 heterocycles. The van der Waals surface area contributed by atoms with Crippen LogP contribution in [0.25, 0.3) is 6.08 Å². The quantitative estimate of drug-likeness (QED) is 0.580. The number of carboxylic acid groups (broad SMARTS) is 1. The van der Waals surface area contributed by atoms with E-state index < -0.39 is 5.97 Å². The molecular formula is C20H22NO5-. The zero-order valence-corrected chi connectivity index (χ0v) is 15.3. The Hall–Kier alpha value is -3.02. The van der Waals surface area contributed by atoms with Gasteiger partial charge in [-0.25, -0.2) is 0 Å². The number of ether oxygens (including phenoxy) is 2. The normalized spacial score (nSPS) is 10.9. The van der Waals surface area contributed by atoms with Crippen molar-refractivity contribution in [1.82, 2.24) is 4.98 Å². The van der Waals surface area contributed by atoms with Crippen LogP contribution in [0.15, 0.2) is 24.3 Å². The van der Waals surface area contributed by atoms with E-state index in [2.05, 4.69) is 4.98 Å². The van der Waals surface area contributed by atoms with Crippen LogP contribution < -0.4 is 14.6 Å². The summed E-state index contributed by atoms with van der Waals surface area (Å²) in [6.45, 7) is 5.82. The smallest absolute Gasteiger partial charge is 0.187 e. The van der Waals surface area contributed by atoms with E-state index in [1.165, 1.54) is 6.08 Å². The fraction of sp³-hybridized carbons (Fsp3) is 0.300. The zero-order chi connectivity index (χ0) is 19.3. The van der Waals surface area contributed by atoms with Crippen LogP contribution in [0.3, 0.4) is 0 Å². The number of aromatic amines is 1. The van der Waals surface area contributed by atoms with Gasteiger partial charge >= 0.3 is 0 Å². The number of allylic oxidation sites excluding steroid dienone is 1. The van der Waals surface area contributed by atoms with Gasteiger partial charge < -0.3 is 24.4 Å². The van der Waals surface area contributed by atoms with Gasteiger partial charge in [0, 0.05) is 11.3 Å². The number of rotatable bonds is 8. The van der Waals surface area contributed by atoms with Crippen molar-refractivity contribution in [1.29, 1.82) is 0 Å². The Balaban J connectivity index is 2.27. The standard InChI is InChI=1S/C20H23NO5/c1-5-10-26-17-11-14(7-9-16(17)25-4)6-8-15(22)18-12(2)19(20(23)24)21-13(18)3/h6-9,11,21H,5,10H2,1-4H3,(H,23,24)/p-1/b8-6+. The van der Waals surface area contributed by atoms with Gasteiger partial charge in [0.1, 0.15) is 0 Å². The average molecular weight is 356 g/mol. The number of aromatic carboxylic acids is 1. The Bertz CT molecular complexity index is 848. The lowest BCUT2D eigenvalue weighted by Gasteiger charge is -2.10. The summed E-state index contributed by atoms with van der Waals surface area (Å²) in [6.07, 6.45) is 3.94. The van der Waals surface area contributed by atoms with Gasteiger partial charge in [0.05, 0.1) is 25.4 Å². The first-order valence-corrected chi connectivity index (χ1v) is 8.32. The van der Waals surface area contributed by atoms with Gasteiger partial charge in [-0.15, -0.1) is 0 Å². The van der Waals surface area contributed by atoms with E-state index in [0.717, 1.165) is 12.0 Å². The van der Waals surface area contributed by atoms with E-state index in [-0.39, 0.29) is 11.5 Å². The largest absolute Gasteiger partial charge is 0.543 e. The minimum Gasteiger partial charge on any atom is -0.543 e. The van der Waals surface area contributed by atoms with Crippen molar-refractivity contribution in [3.05, 3.63) is 52.4 Å². The molecular weight excluding hydrogens is 334 g/mol. The second-order valence-corrected chi connectivity index (χ2v) is 5.87. The fourth-order valence-corrected chi connectivity index (χ4v) is 2.70. The van der Waals surface area contributed by atoms with Crippen molar-refractivity contribution in [2.45, 2.75) is 27.2 Å². The summed E-state index contributed by atoms with van der Waals surface area (Å²) < 4.78 is 10.9. The number of methoxy groups -OCH3 is 1. The van der Waals surface area contributed by atoms with E-state index in [0.29, 0.717) is 34.9 Å². The molecule has 0 atom stereocenters. The molecule has 26 heavy (non-hydrogen) atoms. The summed E-state index contributed by atoms with van der Waals surface area (Å²) in [5.74, 6) is -0.382. The molecule has 0 unspecified atom stereocenters. The van der Waals surface area contributed by atoms with Gasteiger partial charge in [-0.3, -0.25) is 4.79 Å². The van der Waals surface area contributed by atoms with Crippen LogP contribution in [0, 0.1) is 13.8 Å². The van der Waals surface area contributed by atoms with Crippen LogP contribution in [0.4, 0.5) is 0 Å². The number of aromatic nitrogens is 1. The predicted molar refractivity (Wildman–Crippen MR) is 96.7 cm³/mol. The highest BCUT2D eigenvalue weighted by atomic mass is 16.5. The Kier molecular flexibility index (Phi) is 6.22. The summed E-state index contributed by atoms with van der Waals surface area (Å²) in [5.41, 5.74) is 1.92. The van der Waals surface area contributed by atoms with Crippen LogP contribution in [-0.2, 0) is 0 Å². The molecule has 0 saturated carbocycles. The fourth-order valence-electron chi connectivity index (χ4n) is 2.70. The first-order valence-electron chi connectivity index (χ1n) is 8.32. The highest BCUT2D eigenvalue weighted by Crippen LogP contribution is 2.29. The summed E-state index contributed by atoms with van der Waals surface area (Å²) in [5, 5.41) is 11.1. The third-order valence-corrected chi connectivity index (χ3v) is 3.96. The molecule has 0 fully saturated rings. The minimum atomic E-state index is -1.33.